The van der Waals surface area contributed by atoms with Crippen molar-refractivity contribution < 1.29 is 9.53 Å². The number of thiazole rings is 1. The van der Waals surface area contributed by atoms with Crippen molar-refractivity contribution >= 4 is 44.6 Å². The summed E-state index contributed by atoms with van der Waals surface area (Å²) < 4.78 is 5.12. The van der Waals surface area contributed by atoms with Crippen LogP contribution in [0.25, 0.3) is 6.08 Å². The van der Waals surface area contributed by atoms with E-state index in [-0.39, 0.29) is 0 Å². The van der Waals surface area contributed by atoms with Crippen LogP contribution in [0, 0.1) is 0 Å². The van der Waals surface area contributed by atoms with E-state index in [1.807, 2.05) is 32.9 Å². The summed E-state index contributed by atoms with van der Waals surface area (Å²) in [4.78, 5) is 16.5. The largest absolute Gasteiger partial charge is 0.444 e. The van der Waals surface area contributed by atoms with Gasteiger partial charge in [-0.2, -0.15) is 0 Å². The van der Waals surface area contributed by atoms with Crippen LogP contribution in [0.2, 0.25) is 0 Å². The molecule has 0 fully saturated rings. The number of carbonyl (C=O) groups excluding carboxylic acids is 1. The second-order valence-corrected chi connectivity index (χ2v) is 5.96. The van der Waals surface area contributed by atoms with Crippen molar-refractivity contribution in [1.29, 1.82) is 0 Å². The average Bonchev–Trinajstić information content (AvgIpc) is 2.59. The number of aromatic nitrogens is 1. The fourth-order valence-corrected chi connectivity index (χ4v) is 1.89. The van der Waals surface area contributed by atoms with Crippen molar-refractivity contribution in [3.63, 3.8) is 0 Å². The number of anilines is 1. The smallest absolute Gasteiger partial charge is 0.413 e. The van der Waals surface area contributed by atoms with Crippen LogP contribution in [-0.2, 0) is 4.74 Å². The summed E-state index contributed by atoms with van der Waals surface area (Å²) in [6.07, 6.45) is 5.12. The molecule has 0 unspecified atom stereocenters. The second kappa shape index (κ2) is 6.16. The van der Waals surface area contributed by atoms with Crippen LogP contribution < -0.4 is 5.32 Å². The van der Waals surface area contributed by atoms with E-state index < -0.39 is 11.7 Å². The van der Waals surface area contributed by atoms with Crippen molar-refractivity contribution in [2.75, 3.05) is 10.6 Å². The molecule has 0 radical (unpaired) electrons. The number of ether oxygens (including phenoxy) is 1. The summed E-state index contributed by atoms with van der Waals surface area (Å²) in [6, 6.07) is 0. The molecule has 1 rings (SSSR count). The molecule has 0 aliphatic rings. The van der Waals surface area contributed by atoms with Gasteiger partial charge in [0.05, 0.1) is 0 Å². The number of allylic oxidation sites excluding steroid dienone is 1. The van der Waals surface area contributed by atoms with E-state index in [0.29, 0.717) is 5.13 Å². The van der Waals surface area contributed by atoms with E-state index in [9.17, 15) is 4.79 Å². The van der Waals surface area contributed by atoms with Gasteiger partial charge < -0.3 is 4.74 Å². The van der Waals surface area contributed by atoms with Gasteiger partial charge in [0.2, 0.25) is 0 Å². The Kier molecular flexibility index (Phi) is 5.14. The van der Waals surface area contributed by atoms with Crippen LogP contribution in [0.5, 0.6) is 0 Å². The first kappa shape index (κ1) is 14.2. The molecule has 4 nitrogen and oxygen atoms in total. The van der Waals surface area contributed by atoms with Crippen molar-refractivity contribution in [2.45, 2.75) is 26.4 Å². The maximum atomic E-state index is 11.5. The van der Waals surface area contributed by atoms with Gasteiger partial charge in [0, 0.05) is 16.4 Å². The van der Waals surface area contributed by atoms with E-state index in [1.54, 1.807) is 6.20 Å². The Morgan fingerprint density at radius 1 is 1.65 bits per heavy atom. The third-order valence-corrected chi connectivity index (χ3v) is 2.75. The highest BCUT2D eigenvalue weighted by Gasteiger charge is 2.16. The normalized spacial score (nSPS) is 11.8. The third-order valence-electron chi connectivity index (χ3n) is 1.50. The summed E-state index contributed by atoms with van der Waals surface area (Å²) in [7, 11) is 0. The van der Waals surface area contributed by atoms with Crippen molar-refractivity contribution in [3.8, 4) is 0 Å². The van der Waals surface area contributed by atoms with E-state index >= 15 is 0 Å². The molecule has 1 heterocycles. The van der Waals surface area contributed by atoms with Crippen LogP contribution in [-0.4, -0.2) is 22.0 Å². The molecule has 1 aromatic rings. The van der Waals surface area contributed by atoms with E-state index in [0.717, 1.165) is 10.2 Å². The Balaban J connectivity index is 2.55. The van der Waals surface area contributed by atoms with E-state index in [4.69, 9.17) is 4.74 Å². The molecule has 0 spiro atoms. The molecular formula is C11H15BrN2O2S. The number of carbonyl (C=O) groups is 1. The monoisotopic (exact) mass is 318 g/mol. The van der Waals surface area contributed by atoms with Crippen LogP contribution in [0.3, 0.4) is 0 Å². The molecule has 0 saturated heterocycles. The summed E-state index contributed by atoms with van der Waals surface area (Å²) in [5.41, 5.74) is -0.500. The van der Waals surface area contributed by atoms with Gasteiger partial charge in [-0.1, -0.05) is 33.3 Å². The van der Waals surface area contributed by atoms with Gasteiger partial charge in [0.15, 0.2) is 5.13 Å². The molecule has 0 aliphatic carbocycles. The molecular weight excluding hydrogens is 304 g/mol. The van der Waals surface area contributed by atoms with Gasteiger partial charge in [-0.3, -0.25) is 5.32 Å². The predicted octanol–water partition coefficient (Wildman–Crippen LogP) is 3.90. The Bertz CT molecular complexity index is 410. The van der Waals surface area contributed by atoms with Gasteiger partial charge in [0.25, 0.3) is 0 Å². The summed E-state index contributed by atoms with van der Waals surface area (Å²) >= 11 is 4.69. The van der Waals surface area contributed by atoms with Crippen molar-refractivity contribution in [1.82, 2.24) is 4.98 Å². The quantitative estimate of drug-likeness (QED) is 0.860. The zero-order chi connectivity index (χ0) is 12.9. The molecule has 0 aromatic carbocycles. The average molecular weight is 319 g/mol. The highest BCUT2D eigenvalue weighted by atomic mass is 79.9. The third kappa shape index (κ3) is 5.83. The van der Waals surface area contributed by atoms with E-state index in [1.165, 1.54) is 11.3 Å². The molecule has 0 saturated carbocycles. The van der Waals surface area contributed by atoms with E-state index in [2.05, 4.69) is 26.2 Å². The van der Waals surface area contributed by atoms with Gasteiger partial charge >= 0.3 is 6.09 Å². The molecule has 1 aromatic heterocycles. The number of alkyl halides is 1. The first-order valence-electron chi connectivity index (χ1n) is 5.09. The fraction of sp³-hybridized carbons (Fsp3) is 0.455. The first-order valence-corrected chi connectivity index (χ1v) is 7.03. The predicted molar refractivity (Wildman–Crippen MR) is 74.8 cm³/mol. The van der Waals surface area contributed by atoms with Crippen LogP contribution in [0.4, 0.5) is 9.93 Å². The fourth-order valence-electron chi connectivity index (χ4n) is 0.973. The Morgan fingerprint density at radius 3 is 2.94 bits per heavy atom. The van der Waals surface area contributed by atoms with Crippen molar-refractivity contribution in [3.05, 3.63) is 17.2 Å². The number of nitrogens with zero attached hydrogens (tertiary/aromatic N) is 1. The summed E-state index contributed by atoms with van der Waals surface area (Å²) in [5.74, 6) is 0. The number of nitrogens with one attached hydrogen (secondary N) is 1. The minimum atomic E-state index is -0.500. The minimum Gasteiger partial charge on any atom is -0.444 e. The standard InChI is InChI=1S/C11H15BrN2O2S/c1-11(2,3)16-10(15)14-9-13-7-8(17-9)5-4-6-12/h4-5,7H,6H2,1-3H3,(H,13,14,15). The SMILES string of the molecule is CC(C)(C)OC(=O)Nc1ncc(C=CCBr)s1. The zero-order valence-corrected chi connectivity index (χ0v) is 12.4. The summed E-state index contributed by atoms with van der Waals surface area (Å²) in [6.45, 7) is 5.45. The Labute approximate surface area is 113 Å². The number of amides is 1. The maximum Gasteiger partial charge on any atom is 0.413 e. The zero-order valence-electron chi connectivity index (χ0n) is 9.99. The van der Waals surface area contributed by atoms with Crippen LogP contribution in [0.15, 0.2) is 12.3 Å². The molecule has 1 N–H and O–H groups in total. The topological polar surface area (TPSA) is 51.2 Å². The van der Waals surface area contributed by atoms with Gasteiger partial charge in [-0.15, -0.1) is 0 Å². The Hall–Kier alpha value is -0.880. The number of rotatable bonds is 3. The highest BCUT2D eigenvalue weighted by Crippen LogP contribution is 2.20. The van der Waals surface area contributed by atoms with Crippen LogP contribution in [0.1, 0.15) is 25.6 Å². The lowest BCUT2D eigenvalue weighted by Gasteiger charge is -2.18. The molecule has 0 atom stereocenters. The van der Waals surface area contributed by atoms with Gasteiger partial charge in [-0.05, 0) is 26.8 Å². The molecule has 6 heteroatoms. The lowest BCUT2D eigenvalue weighted by atomic mass is 10.2. The summed E-state index contributed by atoms with van der Waals surface area (Å²) in [5, 5.41) is 3.92. The molecule has 94 valence electrons. The number of halogens is 1. The highest BCUT2D eigenvalue weighted by molar-refractivity contribution is 9.09. The number of hydrogen-bond donors (Lipinski definition) is 1. The molecule has 0 aliphatic heterocycles. The van der Waals surface area contributed by atoms with Gasteiger partial charge in [0.1, 0.15) is 5.60 Å². The minimum absolute atomic E-state index is 0.483. The lowest BCUT2D eigenvalue weighted by Crippen LogP contribution is -2.27. The van der Waals surface area contributed by atoms with Crippen molar-refractivity contribution in [2.24, 2.45) is 0 Å². The Morgan fingerprint density at radius 2 is 2.35 bits per heavy atom. The molecule has 1 amide bonds. The lowest BCUT2D eigenvalue weighted by molar-refractivity contribution is 0.0636. The second-order valence-electron chi connectivity index (χ2n) is 4.25. The first-order chi connectivity index (χ1) is 7.90. The number of hydrogen-bond acceptors (Lipinski definition) is 4. The van der Waals surface area contributed by atoms with Gasteiger partial charge in [-0.25, -0.2) is 9.78 Å². The maximum absolute atomic E-state index is 11.5. The van der Waals surface area contributed by atoms with Crippen LogP contribution >= 0.6 is 27.3 Å². The molecule has 0 bridgehead atoms. The molecule has 17 heavy (non-hydrogen) atoms.